The number of ether oxygens (including phenoxy) is 1. The van der Waals surface area contributed by atoms with Crippen molar-refractivity contribution in [2.45, 2.75) is 32.2 Å². The van der Waals surface area contributed by atoms with E-state index in [1.54, 1.807) is 0 Å². The van der Waals surface area contributed by atoms with E-state index in [1.165, 1.54) is 5.56 Å². The van der Waals surface area contributed by atoms with Crippen LogP contribution in [0.25, 0.3) is 0 Å². The SMILES string of the molecule is CCCOc1ccc(CCc2nc(C3CNCCN3C)no2)cc1.Cl. The summed E-state index contributed by atoms with van der Waals surface area (Å²) in [4.78, 5) is 6.84. The number of hydrogen-bond acceptors (Lipinski definition) is 6. The Morgan fingerprint density at radius 1 is 1.28 bits per heavy atom. The highest BCUT2D eigenvalue weighted by atomic mass is 35.5. The molecule has 0 radical (unpaired) electrons. The summed E-state index contributed by atoms with van der Waals surface area (Å²) >= 11 is 0. The van der Waals surface area contributed by atoms with Gasteiger partial charge in [0.2, 0.25) is 5.89 Å². The topological polar surface area (TPSA) is 63.4 Å². The molecule has 1 atom stereocenters. The van der Waals surface area contributed by atoms with E-state index < -0.39 is 0 Å². The average Bonchev–Trinajstić information content (AvgIpc) is 3.08. The minimum Gasteiger partial charge on any atom is -0.494 e. The van der Waals surface area contributed by atoms with E-state index >= 15 is 0 Å². The van der Waals surface area contributed by atoms with Crippen molar-refractivity contribution in [3.05, 3.63) is 41.5 Å². The molecule has 1 saturated heterocycles. The number of benzene rings is 1. The fourth-order valence-electron chi connectivity index (χ4n) is 2.82. The van der Waals surface area contributed by atoms with Crippen LogP contribution in [0.5, 0.6) is 5.75 Å². The van der Waals surface area contributed by atoms with Crippen LogP contribution in [0, 0.1) is 0 Å². The molecule has 0 amide bonds. The predicted octanol–water partition coefficient (Wildman–Crippen LogP) is 2.64. The summed E-state index contributed by atoms with van der Waals surface area (Å²) in [6, 6.07) is 8.44. The lowest BCUT2D eigenvalue weighted by molar-refractivity contribution is 0.190. The lowest BCUT2D eigenvalue weighted by atomic mass is 10.1. The maximum absolute atomic E-state index is 5.60. The van der Waals surface area contributed by atoms with Gasteiger partial charge in [-0.2, -0.15) is 4.98 Å². The zero-order valence-corrected chi connectivity index (χ0v) is 15.7. The normalized spacial score (nSPS) is 17.9. The first-order chi connectivity index (χ1) is 11.8. The molecule has 3 rings (SSSR count). The van der Waals surface area contributed by atoms with Gasteiger partial charge in [-0.3, -0.25) is 4.90 Å². The molecule has 0 spiro atoms. The molecule has 0 bridgehead atoms. The first-order valence-electron chi connectivity index (χ1n) is 8.71. The summed E-state index contributed by atoms with van der Waals surface area (Å²) in [6.07, 6.45) is 2.66. The number of aromatic nitrogens is 2. The van der Waals surface area contributed by atoms with Crippen molar-refractivity contribution < 1.29 is 9.26 Å². The van der Waals surface area contributed by atoms with Crippen LogP contribution in [0.3, 0.4) is 0 Å². The highest BCUT2D eigenvalue weighted by molar-refractivity contribution is 5.85. The number of nitrogens with one attached hydrogen (secondary N) is 1. The van der Waals surface area contributed by atoms with Crippen LogP contribution in [0.1, 0.15) is 36.7 Å². The number of likely N-dealkylation sites (N-methyl/N-ethyl adjacent to an activating group) is 1. The second-order valence-corrected chi connectivity index (χ2v) is 6.24. The molecule has 2 heterocycles. The molecule has 1 aromatic carbocycles. The minimum atomic E-state index is 0. The third-order valence-corrected chi connectivity index (χ3v) is 4.32. The van der Waals surface area contributed by atoms with E-state index in [2.05, 4.69) is 46.5 Å². The van der Waals surface area contributed by atoms with Crippen molar-refractivity contribution in [2.75, 3.05) is 33.3 Å². The van der Waals surface area contributed by atoms with E-state index in [4.69, 9.17) is 9.26 Å². The van der Waals surface area contributed by atoms with Crippen molar-refractivity contribution in [1.82, 2.24) is 20.4 Å². The second-order valence-electron chi connectivity index (χ2n) is 6.24. The molecule has 1 unspecified atom stereocenters. The van der Waals surface area contributed by atoms with Crippen LogP contribution in [0.4, 0.5) is 0 Å². The molecule has 0 saturated carbocycles. The zero-order valence-electron chi connectivity index (χ0n) is 14.9. The first-order valence-corrected chi connectivity index (χ1v) is 8.71. The van der Waals surface area contributed by atoms with Crippen molar-refractivity contribution in [1.29, 1.82) is 0 Å². The second kappa shape index (κ2) is 9.75. The van der Waals surface area contributed by atoms with Crippen LogP contribution in [-0.2, 0) is 12.8 Å². The van der Waals surface area contributed by atoms with Crippen LogP contribution in [-0.4, -0.2) is 48.3 Å². The Morgan fingerprint density at radius 2 is 2.08 bits per heavy atom. The predicted molar refractivity (Wildman–Crippen MR) is 99.4 cm³/mol. The minimum absolute atomic E-state index is 0. The summed E-state index contributed by atoms with van der Waals surface area (Å²) in [5.41, 5.74) is 1.25. The maximum Gasteiger partial charge on any atom is 0.227 e. The molecule has 1 aromatic heterocycles. The van der Waals surface area contributed by atoms with Gasteiger partial charge in [-0.1, -0.05) is 24.2 Å². The first kappa shape index (κ1) is 19.7. The largest absolute Gasteiger partial charge is 0.494 e. The van der Waals surface area contributed by atoms with Crippen LogP contribution in [0.15, 0.2) is 28.8 Å². The van der Waals surface area contributed by atoms with E-state index in [0.717, 1.165) is 57.1 Å². The number of rotatable bonds is 7. The van der Waals surface area contributed by atoms with Crippen molar-refractivity contribution in [3.63, 3.8) is 0 Å². The molecule has 1 N–H and O–H groups in total. The third kappa shape index (κ3) is 5.42. The lowest BCUT2D eigenvalue weighted by Crippen LogP contribution is -2.44. The van der Waals surface area contributed by atoms with Gasteiger partial charge in [0.25, 0.3) is 0 Å². The lowest BCUT2D eigenvalue weighted by Gasteiger charge is -2.30. The van der Waals surface area contributed by atoms with Crippen molar-refractivity contribution in [3.8, 4) is 5.75 Å². The van der Waals surface area contributed by atoms with Crippen LogP contribution < -0.4 is 10.1 Å². The molecular weight excluding hydrogens is 340 g/mol. The monoisotopic (exact) mass is 366 g/mol. The van der Waals surface area contributed by atoms with Crippen LogP contribution >= 0.6 is 12.4 Å². The number of halogens is 1. The van der Waals surface area contributed by atoms with Gasteiger partial charge in [0, 0.05) is 26.1 Å². The number of hydrogen-bond donors (Lipinski definition) is 1. The van der Waals surface area contributed by atoms with Crippen molar-refractivity contribution in [2.24, 2.45) is 0 Å². The van der Waals surface area contributed by atoms with E-state index in [-0.39, 0.29) is 18.4 Å². The molecule has 25 heavy (non-hydrogen) atoms. The molecular formula is C18H27ClN4O2. The Bertz CT molecular complexity index is 632. The summed E-state index contributed by atoms with van der Waals surface area (Å²) in [6.45, 7) is 5.74. The molecule has 1 aliphatic rings. The van der Waals surface area contributed by atoms with Crippen LogP contribution in [0.2, 0.25) is 0 Å². The number of piperazine rings is 1. The Labute approximate surface area is 155 Å². The number of nitrogens with zero attached hydrogens (tertiary/aromatic N) is 3. The summed E-state index contributed by atoms with van der Waals surface area (Å²) in [7, 11) is 2.10. The van der Waals surface area contributed by atoms with Gasteiger partial charge in [0.15, 0.2) is 5.82 Å². The van der Waals surface area contributed by atoms with Gasteiger partial charge in [-0.25, -0.2) is 0 Å². The molecule has 6 nitrogen and oxygen atoms in total. The van der Waals surface area contributed by atoms with Crippen molar-refractivity contribution >= 4 is 12.4 Å². The smallest absolute Gasteiger partial charge is 0.227 e. The molecule has 2 aromatic rings. The molecule has 1 fully saturated rings. The van der Waals surface area contributed by atoms with Gasteiger partial charge in [0.1, 0.15) is 5.75 Å². The Balaban J connectivity index is 0.00000225. The van der Waals surface area contributed by atoms with Gasteiger partial charge >= 0.3 is 0 Å². The molecule has 138 valence electrons. The third-order valence-electron chi connectivity index (χ3n) is 4.32. The molecule has 7 heteroatoms. The summed E-state index contributed by atoms with van der Waals surface area (Å²) < 4.78 is 11.0. The summed E-state index contributed by atoms with van der Waals surface area (Å²) in [5, 5.41) is 7.54. The molecule has 1 aliphatic heterocycles. The fourth-order valence-corrected chi connectivity index (χ4v) is 2.82. The average molecular weight is 367 g/mol. The quantitative estimate of drug-likeness (QED) is 0.812. The van der Waals surface area contributed by atoms with E-state index in [1.807, 2.05) is 12.1 Å². The Hall–Kier alpha value is -1.63. The standard InChI is InChI=1S/C18H26N4O2.ClH/c1-3-12-23-15-7-4-14(5-8-15)6-9-17-20-18(21-24-17)16-13-19-10-11-22(16)2;/h4-5,7-8,16,19H,3,6,9-13H2,1-2H3;1H. The van der Waals surface area contributed by atoms with Gasteiger partial charge in [0.05, 0.1) is 12.6 Å². The molecule has 0 aliphatic carbocycles. The summed E-state index contributed by atoms with van der Waals surface area (Å²) in [5.74, 6) is 2.41. The van der Waals surface area contributed by atoms with E-state index in [0.29, 0.717) is 5.89 Å². The fraction of sp³-hybridized carbons (Fsp3) is 0.556. The maximum atomic E-state index is 5.60. The van der Waals surface area contributed by atoms with Gasteiger partial charge < -0.3 is 14.6 Å². The Kier molecular flexibility index (Phi) is 7.68. The Morgan fingerprint density at radius 3 is 2.80 bits per heavy atom. The highest BCUT2D eigenvalue weighted by Gasteiger charge is 2.25. The highest BCUT2D eigenvalue weighted by Crippen LogP contribution is 2.18. The van der Waals surface area contributed by atoms with Gasteiger partial charge in [-0.15, -0.1) is 12.4 Å². The number of aryl methyl sites for hydroxylation is 2. The van der Waals surface area contributed by atoms with Gasteiger partial charge in [-0.05, 0) is 37.6 Å². The van der Waals surface area contributed by atoms with E-state index in [9.17, 15) is 0 Å². The zero-order chi connectivity index (χ0) is 16.8.